The zero-order valence-electron chi connectivity index (χ0n) is 11.7. The molecule has 1 amide bonds. The molecule has 1 aliphatic heterocycles. The summed E-state index contributed by atoms with van der Waals surface area (Å²) in [6.07, 6.45) is 1.95. The van der Waals surface area contributed by atoms with Crippen molar-refractivity contribution in [3.63, 3.8) is 0 Å². The highest BCUT2D eigenvalue weighted by Crippen LogP contribution is 2.29. The third kappa shape index (κ3) is 3.62. The zero-order chi connectivity index (χ0) is 15.4. The van der Waals surface area contributed by atoms with Crippen LogP contribution in [0.5, 0.6) is 0 Å². The van der Waals surface area contributed by atoms with E-state index in [0.29, 0.717) is 24.8 Å². The fourth-order valence-corrected chi connectivity index (χ4v) is 2.76. The zero-order valence-corrected chi connectivity index (χ0v) is 11.7. The topological polar surface area (TPSA) is 57.6 Å². The predicted molar refractivity (Wildman–Crippen MR) is 76.7 cm³/mol. The van der Waals surface area contributed by atoms with E-state index in [9.17, 15) is 19.1 Å². The fraction of sp³-hybridized carbons (Fsp3) is 0.467. The maximum absolute atomic E-state index is 12.9. The van der Waals surface area contributed by atoms with Gasteiger partial charge >= 0.3 is 5.97 Å². The summed E-state index contributed by atoms with van der Waals surface area (Å²) >= 11 is 0. The normalized spacial score (nSPS) is 21.5. The Hall–Kier alpha value is -1.85. The van der Waals surface area contributed by atoms with Crippen LogP contribution in [-0.2, 0) is 4.79 Å². The van der Waals surface area contributed by atoms with Crippen LogP contribution in [0.2, 0.25) is 6.32 Å². The molecule has 1 N–H and O–H groups in total. The van der Waals surface area contributed by atoms with Gasteiger partial charge in [0.1, 0.15) is 5.82 Å². The third-order valence-corrected chi connectivity index (χ3v) is 3.92. The van der Waals surface area contributed by atoms with E-state index < -0.39 is 17.7 Å². The molecule has 2 rings (SSSR count). The van der Waals surface area contributed by atoms with Crippen LogP contribution in [0.3, 0.4) is 0 Å². The molecule has 1 aromatic carbocycles. The third-order valence-electron chi connectivity index (χ3n) is 3.92. The van der Waals surface area contributed by atoms with E-state index in [1.54, 1.807) is 0 Å². The molecular formula is C15H17BFNO3. The van der Waals surface area contributed by atoms with E-state index in [4.69, 9.17) is 7.85 Å². The second-order valence-electron chi connectivity index (χ2n) is 5.35. The van der Waals surface area contributed by atoms with Crippen molar-refractivity contribution in [1.82, 2.24) is 4.90 Å². The van der Waals surface area contributed by atoms with Crippen molar-refractivity contribution in [2.75, 3.05) is 13.1 Å². The van der Waals surface area contributed by atoms with E-state index in [-0.39, 0.29) is 18.4 Å². The van der Waals surface area contributed by atoms with Crippen molar-refractivity contribution in [1.29, 1.82) is 0 Å². The van der Waals surface area contributed by atoms with Gasteiger partial charge < -0.3 is 10.0 Å². The summed E-state index contributed by atoms with van der Waals surface area (Å²) in [6.45, 7) is 0.605. The van der Waals surface area contributed by atoms with Crippen molar-refractivity contribution in [3.05, 3.63) is 35.6 Å². The number of benzene rings is 1. The SMILES string of the molecule is [B]CCC[C@H]1CN(C(=O)c2ccc(F)cc2)C[C@H]1C(=O)O. The number of rotatable bonds is 5. The number of nitrogens with zero attached hydrogens (tertiary/aromatic N) is 1. The molecule has 1 aliphatic rings. The smallest absolute Gasteiger partial charge is 0.308 e. The molecule has 1 saturated heterocycles. The molecule has 6 heteroatoms. The van der Waals surface area contributed by atoms with Gasteiger partial charge in [-0.1, -0.05) is 12.7 Å². The molecule has 0 bridgehead atoms. The number of amides is 1. The van der Waals surface area contributed by atoms with Crippen molar-refractivity contribution >= 4 is 19.7 Å². The number of carbonyl (C=O) groups excluding carboxylic acids is 1. The summed E-state index contributed by atoms with van der Waals surface area (Å²) in [7, 11) is 5.46. The first-order chi connectivity index (χ1) is 10.0. The molecule has 0 aliphatic carbocycles. The second kappa shape index (κ2) is 6.74. The van der Waals surface area contributed by atoms with E-state index in [1.165, 1.54) is 29.2 Å². The molecule has 1 fully saturated rings. The van der Waals surface area contributed by atoms with Crippen LogP contribution < -0.4 is 0 Å². The Labute approximate surface area is 124 Å². The highest BCUT2D eigenvalue weighted by molar-refractivity contribution is 6.08. The summed E-state index contributed by atoms with van der Waals surface area (Å²) < 4.78 is 12.9. The summed E-state index contributed by atoms with van der Waals surface area (Å²) in [5.41, 5.74) is 0.375. The summed E-state index contributed by atoms with van der Waals surface area (Å²) in [6, 6.07) is 5.29. The van der Waals surface area contributed by atoms with Crippen LogP contribution in [-0.4, -0.2) is 42.8 Å². The Kier molecular flexibility index (Phi) is 4.99. The number of aliphatic carboxylic acids is 1. The van der Waals surface area contributed by atoms with Gasteiger partial charge in [-0.05, 0) is 36.6 Å². The van der Waals surface area contributed by atoms with E-state index in [0.717, 1.165) is 6.42 Å². The summed E-state index contributed by atoms with van der Waals surface area (Å²) in [4.78, 5) is 25.2. The highest BCUT2D eigenvalue weighted by atomic mass is 19.1. The average Bonchev–Trinajstić information content (AvgIpc) is 2.89. The van der Waals surface area contributed by atoms with Gasteiger partial charge in [0.2, 0.25) is 0 Å². The Balaban J connectivity index is 2.08. The van der Waals surface area contributed by atoms with Gasteiger partial charge in [0.15, 0.2) is 0 Å². The number of carbonyl (C=O) groups is 2. The number of likely N-dealkylation sites (tertiary alicyclic amines) is 1. The van der Waals surface area contributed by atoms with Gasteiger partial charge in [0.05, 0.1) is 13.8 Å². The Morgan fingerprint density at radius 2 is 1.95 bits per heavy atom. The molecule has 0 unspecified atom stereocenters. The molecule has 2 atom stereocenters. The minimum Gasteiger partial charge on any atom is -0.481 e. The monoisotopic (exact) mass is 289 g/mol. The molecule has 0 aromatic heterocycles. The number of carboxylic acid groups (broad SMARTS) is 1. The van der Waals surface area contributed by atoms with Gasteiger partial charge in [-0.15, -0.1) is 0 Å². The lowest BCUT2D eigenvalue weighted by Crippen LogP contribution is -2.29. The van der Waals surface area contributed by atoms with Crippen molar-refractivity contribution in [3.8, 4) is 0 Å². The molecule has 0 saturated carbocycles. The predicted octanol–water partition coefficient (Wildman–Crippen LogP) is 1.97. The van der Waals surface area contributed by atoms with Crippen molar-refractivity contribution in [2.24, 2.45) is 11.8 Å². The minimum absolute atomic E-state index is 0.0737. The van der Waals surface area contributed by atoms with Crippen LogP contribution in [0.1, 0.15) is 23.2 Å². The fourth-order valence-electron chi connectivity index (χ4n) is 2.76. The van der Waals surface area contributed by atoms with Gasteiger partial charge in [0, 0.05) is 18.7 Å². The molecule has 1 heterocycles. The van der Waals surface area contributed by atoms with E-state index in [2.05, 4.69) is 0 Å². The molecular weight excluding hydrogens is 272 g/mol. The largest absolute Gasteiger partial charge is 0.481 e. The molecule has 110 valence electrons. The summed E-state index contributed by atoms with van der Waals surface area (Å²) in [5, 5.41) is 9.27. The lowest BCUT2D eigenvalue weighted by molar-refractivity contribution is -0.142. The van der Waals surface area contributed by atoms with Crippen LogP contribution >= 0.6 is 0 Å². The average molecular weight is 289 g/mol. The quantitative estimate of drug-likeness (QED) is 0.843. The highest BCUT2D eigenvalue weighted by Gasteiger charge is 2.39. The van der Waals surface area contributed by atoms with E-state index in [1.807, 2.05) is 0 Å². The van der Waals surface area contributed by atoms with Gasteiger partial charge in [-0.2, -0.15) is 0 Å². The standard InChI is InChI=1S/C15H17BFNO3/c16-7-1-2-11-8-18(9-13(11)15(20)21)14(19)10-3-5-12(17)6-4-10/h3-6,11,13H,1-2,7-9H2,(H,20,21)/t11-,13+/m0/s1. The number of halogens is 1. The lowest BCUT2D eigenvalue weighted by atomic mass is 9.88. The lowest BCUT2D eigenvalue weighted by Gasteiger charge is -2.16. The van der Waals surface area contributed by atoms with Crippen LogP contribution in [0.4, 0.5) is 4.39 Å². The maximum atomic E-state index is 12.9. The van der Waals surface area contributed by atoms with Gasteiger partial charge in [-0.25, -0.2) is 4.39 Å². The minimum atomic E-state index is -0.883. The van der Waals surface area contributed by atoms with Gasteiger partial charge in [-0.3, -0.25) is 9.59 Å². The van der Waals surface area contributed by atoms with Gasteiger partial charge in [0.25, 0.3) is 5.91 Å². The number of hydrogen-bond acceptors (Lipinski definition) is 2. The maximum Gasteiger partial charge on any atom is 0.308 e. The first-order valence-electron chi connectivity index (χ1n) is 7.00. The number of hydrogen-bond donors (Lipinski definition) is 1. The Morgan fingerprint density at radius 3 is 2.52 bits per heavy atom. The Morgan fingerprint density at radius 1 is 1.29 bits per heavy atom. The molecule has 0 spiro atoms. The van der Waals surface area contributed by atoms with Crippen LogP contribution in [0.15, 0.2) is 24.3 Å². The molecule has 1 aromatic rings. The van der Waals surface area contributed by atoms with Crippen molar-refractivity contribution in [2.45, 2.75) is 19.2 Å². The van der Waals surface area contributed by atoms with E-state index >= 15 is 0 Å². The van der Waals surface area contributed by atoms with Crippen LogP contribution in [0.25, 0.3) is 0 Å². The number of carboxylic acids is 1. The first-order valence-corrected chi connectivity index (χ1v) is 7.00. The molecule has 4 nitrogen and oxygen atoms in total. The molecule has 21 heavy (non-hydrogen) atoms. The second-order valence-corrected chi connectivity index (χ2v) is 5.35. The van der Waals surface area contributed by atoms with Crippen molar-refractivity contribution < 1.29 is 19.1 Å². The Bertz CT molecular complexity index is 520. The summed E-state index contributed by atoms with van der Waals surface area (Å²) in [5.74, 6) is -2.17. The molecule has 2 radical (unpaired) electrons. The van der Waals surface area contributed by atoms with Crippen LogP contribution in [0, 0.1) is 17.7 Å². The first kappa shape index (κ1) is 15.5.